The van der Waals surface area contributed by atoms with Gasteiger partial charge >= 0.3 is 0 Å². The van der Waals surface area contributed by atoms with Crippen molar-refractivity contribution in [3.63, 3.8) is 0 Å². The van der Waals surface area contributed by atoms with E-state index in [-0.39, 0.29) is 17.9 Å². The maximum atomic E-state index is 12.2. The summed E-state index contributed by atoms with van der Waals surface area (Å²) in [6, 6.07) is 8.62. The van der Waals surface area contributed by atoms with Crippen LogP contribution in [0.1, 0.15) is 25.0 Å². The molecule has 2 atom stereocenters. The van der Waals surface area contributed by atoms with E-state index in [4.69, 9.17) is 5.73 Å². The molecule has 92 valence electrons. The van der Waals surface area contributed by atoms with Crippen LogP contribution in [0.5, 0.6) is 0 Å². The van der Waals surface area contributed by atoms with Crippen LogP contribution in [-0.2, 0) is 17.8 Å². The molecule has 1 amide bonds. The summed E-state index contributed by atoms with van der Waals surface area (Å²) in [6.07, 6.45) is 0.944. The topological polar surface area (TPSA) is 46.3 Å². The first-order valence-corrected chi connectivity index (χ1v) is 6.20. The maximum Gasteiger partial charge on any atom is 0.227 e. The zero-order valence-electron chi connectivity index (χ0n) is 10.5. The highest BCUT2D eigenvalue weighted by atomic mass is 16.2. The number of hydrogen-bond donors (Lipinski definition) is 1. The fourth-order valence-electron chi connectivity index (χ4n) is 2.36. The van der Waals surface area contributed by atoms with Gasteiger partial charge in [-0.25, -0.2) is 0 Å². The highest BCUT2D eigenvalue weighted by molar-refractivity contribution is 5.79. The van der Waals surface area contributed by atoms with E-state index >= 15 is 0 Å². The summed E-state index contributed by atoms with van der Waals surface area (Å²) >= 11 is 0. The van der Waals surface area contributed by atoms with Crippen LogP contribution < -0.4 is 5.73 Å². The second-order valence-corrected chi connectivity index (χ2v) is 4.92. The molecule has 0 saturated heterocycles. The van der Waals surface area contributed by atoms with Gasteiger partial charge in [-0.1, -0.05) is 31.2 Å². The van der Waals surface area contributed by atoms with Crippen molar-refractivity contribution in [1.82, 2.24) is 4.90 Å². The Kier molecular flexibility index (Phi) is 3.48. The van der Waals surface area contributed by atoms with Crippen molar-refractivity contribution in [2.45, 2.75) is 32.9 Å². The molecule has 2 unspecified atom stereocenters. The molecule has 0 aliphatic carbocycles. The lowest BCUT2D eigenvalue weighted by Gasteiger charge is -2.36. The minimum Gasteiger partial charge on any atom is -0.335 e. The fraction of sp³-hybridized carbons (Fsp3) is 0.500. The van der Waals surface area contributed by atoms with Crippen LogP contribution in [0.25, 0.3) is 0 Å². The third-order valence-electron chi connectivity index (χ3n) is 3.56. The smallest absolute Gasteiger partial charge is 0.227 e. The zero-order chi connectivity index (χ0) is 12.4. The van der Waals surface area contributed by atoms with E-state index in [0.29, 0.717) is 6.54 Å². The zero-order valence-corrected chi connectivity index (χ0v) is 10.5. The number of nitrogens with two attached hydrogens (primary N) is 1. The van der Waals surface area contributed by atoms with Gasteiger partial charge in [0.15, 0.2) is 0 Å². The normalized spacial score (nSPS) is 20.9. The summed E-state index contributed by atoms with van der Waals surface area (Å²) in [4.78, 5) is 14.2. The molecule has 0 radical (unpaired) electrons. The number of benzene rings is 1. The van der Waals surface area contributed by atoms with Gasteiger partial charge in [0, 0.05) is 25.0 Å². The molecule has 2 N–H and O–H groups in total. The van der Waals surface area contributed by atoms with Gasteiger partial charge in [0.25, 0.3) is 0 Å². The minimum absolute atomic E-state index is 0.0808. The molecule has 1 aromatic carbocycles. The number of fused-ring (bicyclic) bond motifs is 1. The summed E-state index contributed by atoms with van der Waals surface area (Å²) in [6.45, 7) is 5.15. The van der Waals surface area contributed by atoms with Gasteiger partial charge in [-0.3, -0.25) is 4.79 Å². The molecule has 0 spiro atoms. The van der Waals surface area contributed by atoms with E-state index in [1.54, 1.807) is 0 Å². The van der Waals surface area contributed by atoms with Gasteiger partial charge in [-0.2, -0.15) is 0 Å². The van der Waals surface area contributed by atoms with Crippen molar-refractivity contribution in [1.29, 1.82) is 0 Å². The SMILES string of the molecule is CC(CN)C(=O)N1Cc2ccccc2CC1C. The van der Waals surface area contributed by atoms with Crippen molar-refractivity contribution < 1.29 is 4.79 Å². The van der Waals surface area contributed by atoms with Crippen molar-refractivity contribution in [2.75, 3.05) is 6.54 Å². The van der Waals surface area contributed by atoms with E-state index in [2.05, 4.69) is 25.1 Å². The maximum absolute atomic E-state index is 12.2. The van der Waals surface area contributed by atoms with Crippen LogP contribution in [-0.4, -0.2) is 23.4 Å². The van der Waals surface area contributed by atoms with E-state index in [1.807, 2.05) is 17.9 Å². The second-order valence-electron chi connectivity index (χ2n) is 4.92. The van der Waals surface area contributed by atoms with E-state index in [1.165, 1.54) is 11.1 Å². The highest BCUT2D eigenvalue weighted by Crippen LogP contribution is 2.24. The lowest BCUT2D eigenvalue weighted by atomic mass is 9.94. The molecule has 1 aromatic rings. The summed E-state index contributed by atoms with van der Waals surface area (Å²) in [5.74, 6) is 0.0946. The molecule has 0 bridgehead atoms. The van der Waals surface area contributed by atoms with Crippen LogP contribution >= 0.6 is 0 Å². The van der Waals surface area contributed by atoms with Crippen molar-refractivity contribution in [3.05, 3.63) is 35.4 Å². The van der Waals surface area contributed by atoms with Crippen molar-refractivity contribution in [2.24, 2.45) is 11.7 Å². The van der Waals surface area contributed by atoms with Crippen molar-refractivity contribution in [3.8, 4) is 0 Å². The minimum atomic E-state index is -0.0808. The average molecular weight is 232 g/mol. The van der Waals surface area contributed by atoms with Crippen LogP contribution in [0.3, 0.4) is 0 Å². The fourth-order valence-corrected chi connectivity index (χ4v) is 2.36. The molecule has 1 aliphatic heterocycles. The Morgan fingerprint density at radius 2 is 2.12 bits per heavy atom. The van der Waals surface area contributed by atoms with Crippen LogP contribution in [0.4, 0.5) is 0 Å². The summed E-state index contributed by atoms with van der Waals surface area (Å²) in [5, 5.41) is 0. The van der Waals surface area contributed by atoms with Gasteiger partial charge in [-0.15, -0.1) is 0 Å². The van der Waals surface area contributed by atoms with Gasteiger partial charge in [0.2, 0.25) is 5.91 Å². The Bertz CT molecular complexity index is 416. The molecule has 1 heterocycles. The summed E-state index contributed by atoms with van der Waals surface area (Å²) in [5.41, 5.74) is 8.20. The Morgan fingerprint density at radius 1 is 1.47 bits per heavy atom. The summed E-state index contributed by atoms with van der Waals surface area (Å²) < 4.78 is 0. The molecular weight excluding hydrogens is 212 g/mol. The number of carbonyl (C=O) groups excluding carboxylic acids is 1. The summed E-state index contributed by atoms with van der Waals surface area (Å²) in [7, 11) is 0. The largest absolute Gasteiger partial charge is 0.335 e. The number of carbonyl (C=O) groups is 1. The number of amides is 1. The van der Waals surface area contributed by atoms with Gasteiger partial charge < -0.3 is 10.6 Å². The molecule has 3 nitrogen and oxygen atoms in total. The molecule has 0 fully saturated rings. The number of rotatable bonds is 2. The van der Waals surface area contributed by atoms with Crippen molar-refractivity contribution >= 4 is 5.91 Å². The Labute approximate surface area is 103 Å². The van der Waals surface area contributed by atoms with Gasteiger partial charge in [-0.05, 0) is 24.5 Å². The Balaban J connectivity index is 2.20. The quantitative estimate of drug-likeness (QED) is 0.841. The van der Waals surface area contributed by atoms with Crippen LogP contribution in [0.15, 0.2) is 24.3 Å². The first kappa shape index (κ1) is 12.1. The molecule has 17 heavy (non-hydrogen) atoms. The molecule has 2 rings (SSSR count). The van der Waals surface area contributed by atoms with Crippen LogP contribution in [0, 0.1) is 5.92 Å². The van der Waals surface area contributed by atoms with E-state index in [0.717, 1.165) is 13.0 Å². The molecule has 1 aliphatic rings. The molecule has 0 aromatic heterocycles. The molecule has 3 heteroatoms. The first-order valence-electron chi connectivity index (χ1n) is 6.20. The lowest BCUT2D eigenvalue weighted by molar-refractivity contribution is -0.137. The van der Waals surface area contributed by atoms with E-state index < -0.39 is 0 Å². The Hall–Kier alpha value is -1.35. The lowest BCUT2D eigenvalue weighted by Crippen LogP contribution is -2.46. The predicted molar refractivity (Wildman–Crippen MR) is 68.4 cm³/mol. The second kappa shape index (κ2) is 4.88. The molecular formula is C14H20N2O. The number of hydrogen-bond acceptors (Lipinski definition) is 2. The average Bonchev–Trinajstić information content (AvgIpc) is 2.36. The Morgan fingerprint density at radius 3 is 2.76 bits per heavy atom. The number of nitrogens with zero attached hydrogens (tertiary/aromatic N) is 1. The predicted octanol–water partition coefficient (Wildman–Crippen LogP) is 1.55. The molecule has 0 saturated carbocycles. The van der Waals surface area contributed by atoms with Crippen LogP contribution in [0.2, 0.25) is 0 Å². The first-order chi connectivity index (χ1) is 8.13. The van der Waals surface area contributed by atoms with Gasteiger partial charge in [0.05, 0.1) is 0 Å². The highest BCUT2D eigenvalue weighted by Gasteiger charge is 2.28. The third-order valence-corrected chi connectivity index (χ3v) is 3.56. The van der Waals surface area contributed by atoms with E-state index in [9.17, 15) is 4.79 Å². The third kappa shape index (κ3) is 2.34. The standard InChI is InChI=1S/C14H20N2O/c1-10(8-15)14(17)16-9-13-6-4-3-5-12(13)7-11(16)2/h3-6,10-11H,7-9,15H2,1-2H3. The van der Waals surface area contributed by atoms with Gasteiger partial charge in [0.1, 0.15) is 0 Å². The monoisotopic (exact) mass is 232 g/mol.